The van der Waals surface area contributed by atoms with Crippen molar-refractivity contribution in [1.29, 1.82) is 0 Å². The lowest BCUT2D eigenvalue weighted by Gasteiger charge is -2.45. The fourth-order valence-electron chi connectivity index (χ4n) is 3.39. The average molecular weight is 268 g/mol. The summed E-state index contributed by atoms with van der Waals surface area (Å²) in [7, 11) is 2.17. The number of alkyl carbamates (subject to hydrolysis) is 1. The van der Waals surface area contributed by atoms with Gasteiger partial charge in [0.05, 0.1) is 5.54 Å². The minimum absolute atomic E-state index is 0.0377. The Morgan fingerprint density at radius 1 is 1.26 bits per heavy atom. The van der Waals surface area contributed by atoms with E-state index in [2.05, 4.69) is 24.2 Å². The Bertz CT molecular complexity index is 358. The number of amides is 1. The second-order valence-corrected chi connectivity index (χ2v) is 7.61. The maximum atomic E-state index is 12.0. The molecule has 0 radical (unpaired) electrons. The predicted molar refractivity (Wildman–Crippen MR) is 76.2 cm³/mol. The first kappa shape index (κ1) is 14.6. The molecule has 110 valence electrons. The molecule has 1 saturated heterocycles. The van der Waals surface area contributed by atoms with Gasteiger partial charge in [0, 0.05) is 12.0 Å². The molecule has 0 aromatic rings. The van der Waals surface area contributed by atoms with Gasteiger partial charge in [-0.05, 0) is 60.0 Å². The average Bonchev–Trinajstić information content (AvgIpc) is 2.95. The number of ether oxygens (including phenoxy) is 1. The third kappa shape index (κ3) is 3.22. The van der Waals surface area contributed by atoms with Crippen LogP contribution in [0.5, 0.6) is 0 Å². The summed E-state index contributed by atoms with van der Waals surface area (Å²) in [5, 5.41) is 3.17. The number of nitrogens with one attached hydrogen (secondary N) is 1. The normalized spacial score (nSPS) is 30.8. The van der Waals surface area contributed by atoms with Crippen LogP contribution in [0.3, 0.4) is 0 Å². The second-order valence-electron chi connectivity index (χ2n) is 7.61. The Balaban J connectivity index is 2.01. The summed E-state index contributed by atoms with van der Waals surface area (Å²) >= 11 is 0. The Kier molecular flexibility index (Phi) is 3.58. The molecular weight excluding hydrogens is 240 g/mol. The van der Waals surface area contributed by atoms with Gasteiger partial charge < -0.3 is 15.0 Å². The molecule has 4 heteroatoms. The number of hydrogen-bond acceptors (Lipinski definition) is 3. The van der Waals surface area contributed by atoms with Gasteiger partial charge in [-0.3, -0.25) is 0 Å². The number of carbonyl (C=O) groups is 1. The molecule has 2 fully saturated rings. The van der Waals surface area contributed by atoms with Gasteiger partial charge in [-0.1, -0.05) is 6.92 Å². The van der Waals surface area contributed by atoms with E-state index in [0.717, 1.165) is 25.9 Å². The van der Waals surface area contributed by atoms with Crippen LogP contribution < -0.4 is 5.32 Å². The Morgan fingerprint density at radius 3 is 2.37 bits per heavy atom. The molecule has 2 aliphatic rings. The zero-order chi connectivity index (χ0) is 14.3. The summed E-state index contributed by atoms with van der Waals surface area (Å²) in [6.45, 7) is 10.3. The molecule has 1 unspecified atom stereocenters. The highest BCUT2D eigenvalue weighted by Crippen LogP contribution is 2.53. The molecule has 1 saturated carbocycles. The van der Waals surface area contributed by atoms with Crippen LogP contribution in [0.4, 0.5) is 4.79 Å². The van der Waals surface area contributed by atoms with Gasteiger partial charge in [-0.25, -0.2) is 4.79 Å². The summed E-state index contributed by atoms with van der Waals surface area (Å²) in [6.07, 6.45) is 4.30. The molecule has 1 aliphatic carbocycles. The van der Waals surface area contributed by atoms with Gasteiger partial charge in [-0.2, -0.15) is 0 Å². The number of nitrogens with zero attached hydrogens (tertiary/aromatic N) is 1. The fourth-order valence-corrected chi connectivity index (χ4v) is 3.39. The summed E-state index contributed by atoms with van der Waals surface area (Å²) < 4.78 is 5.41. The molecule has 2 rings (SSSR count). The standard InChI is InChI=1S/C15H28N2O2/c1-13(2,3)19-12(18)16-15(8-9-15)14(4)7-6-10-17(5)11-14/h6-11H2,1-5H3,(H,16,18). The van der Waals surface area contributed by atoms with Crippen molar-refractivity contribution in [2.75, 3.05) is 20.1 Å². The van der Waals surface area contributed by atoms with Gasteiger partial charge in [0.15, 0.2) is 0 Å². The van der Waals surface area contributed by atoms with Gasteiger partial charge in [0.2, 0.25) is 0 Å². The molecule has 1 amide bonds. The van der Waals surface area contributed by atoms with Crippen molar-refractivity contribution in [3.63, 3.8) is 0 Å². The number of rotatable bonds is 2. The highest BCUT2D eigenvalue weighted by atomic mass is 16.6. The maximum absolute atomic E-state index is 12.0. The van der Waals surface area contributed by atoms with Gasteiger partial charge >= 0.3 is 6.09 Å². The van der Waals surface area contributed by atoms with Crippen molar-refractivity contribution < 1.29 is 9.53 Å². The maximum Gasteiger partial charge on any atom is 0.408 e. The molecule has 1 atom stereocenters. The smallest absolute Gasteiger partial charge is 0.408 e. The van der Waals surface area contributed by atoms with E-state index in [-0.39, 0.29) is 17.0 Å². The SMILES string of the molecule is CN1CCCC(C)(C2(NC(=O)OC(C)(C)C)CC2)C1. The van der Waals surface area contributed by atoms with E-state index < -0.39 is 5.60 Å². The van der Waals surface area contributed by atoms with Gasteiger partial charge in [-0.15, -0.1) is 0 Å². The van der Waals surface area contributed by atoms with Gasteiger partial charge in [0.25, 0.3) is 0 Å². The van der Waals surface area contributed by atoms with E-state index in [1.807, 2.05) is 20.8 Å². The van der Waals surface area contributed by atoms with Crippen LogP contribution in [0.2, 0.25) is 0 Å². The summed E-state index contributed by atoms with van der Waals surface area (Å²) in [4.78, 5) is 14.4. The summed E-state index contributed by atoms with van der Waals surface area (Å²) in [5.41, 5.74) is -0.286. The largest absolute Gasteiger partial charge is 0.444 e. The number of carbonyl (C=O) groups excluding carboxylic acids is 1. The molecule has 0 bridgehead atoms. The molecule has 0 aromatic heterocycles. The van der Waals surface area contributed by atoms with Crippen molar-refractivity contribution in [2.45, 2.75) is 64.5 Å². The molecule has 0 aromatic carbocycles. The third-order valence-corrected chi connectivity index (χ3v) is 4.53. The zero-order valence-electron chi connectivity index (χ0n) is 13.0. The van der Waals surface area contributed by atoms with Crippen LogP contribution >= 0.6 is 0 Å². The van der Waals surface area contributed by atoms with E-state index in [1.54, 1.807) is 0 Å². The first-order valence-corrected chi connectivity index (χ1v) is 7.36. The Labute approximate surface area is 116 Å². The van der Waals surface area contributed by atoms with Crippen LogP contribution in [-0.4, -0.2) is 42.3 Å². The van der Waals surface area contributed by atoms with Gasteiger partial charge in [0.1, 0.15) is 5.60 Å². The molecule has 19 heavy (non-hydrogen) atoms. The Hall–Kier alpha value is -0.770. The zero-order valence-corrected chi connectivity index (χ0v) is 13.0. The Morgan fingerprint density at radius 2 is 1.89 bits per heavy atom. The molecule has 4 nitrogen and oxygen atoms in total. The van der Waals surface area contributed by atoms with Crippen LogP contribution in [0.15, 0.2) is 0 Å². The van der Waals surface area contributed by atoms with E-state index in [4.69, 9.17) is 4.74 Å². The minimum atomic E-state index is -0.426. The highest BCUT2D eigenvalue weighted by Gasteiger charge is 2.58. The molecular formula is C15H28N2O2. The fraction of sp³-hybridized carbons (Fsp3) is 0.933. The van der Waals surface area contributed by atoms with Crippen LogP contribution in [0.25, 0.3) is 0 Å². The summed E-state index contributed by atoms with van der Waals surface area (Å²) in [5.74, 6) is 0. The van der Waals surface area contributed by atoms with Crippen molar-refractivity contribution in [3.8, 4) is 0 Å². The molecule has 1 N–H and O–H groups in total. The van der Waals surface area contributed by atoms with E-state index in [0.29, 0.717) is 0 Å². The van der Waals surface area contributed by atoms with Crippen molar-refractivity contribution in [1.82, 2.24) is 10.2 Å². The van der Waals surface area contributed by atoms with E-state index >= 15 is 0 Å². The predicted octanol–water partition coefficient (Wildman–Crippen LogP) is 2.78. The lowest BCUT2D eigenvalue weighted by molar-refractivity contribution is 0.0307. The highest BCUT2D eigenvalue weighted by molar-refractivity contribution is 5.69. The first-order chi connectivity index (χ1) is 8.66. The molecule has 1 heterocycles. The monoisotopic (exact) mass is 268 g/mol. The van der Waals surface area contributed by atoms with E-state index in [1.165, 1.54) is 12.8 Å². The van der Waals surface area contributed by atoms with E-state index in [9.17, 15) is 4.79 Å². The lowest BCUT2D eigenvalue weighted by Crippen LogP contribution is -2.56. The topological polar surface area (TPSA) is 41.6 Å². The van der Waals surface area contributed by atoms with Crippen molar-refractivity contribution >= 4 is 6.09 Å². The van der Waals surface area contributed by atoms with Crippen molar-refractivity contribution in [3.05, 3.63) is 0 Å². The van der Waals surface area contributed by atoms with Crippen LogP contribution in [0.1, 0.15) is 53.4 Å². The minimum Gasteiger partial charge on any atom is -0.444 e. The number of likely N-dealkylation sites (tertiary alicyclic amines) is 1. The molecule has 1 aliphatic heterocycles. The quantitative estimate of drug-likeness (QED) is 0.837. The molecule has 0 spiro atoms. The van der Waals surface area contributed by atoms with Crippen molar-refractivity contribution in [2.24, 2.45) is 5.41 Å². The third-order valence-electron chi connectivity index (χ3n) is 4.53. The van der Waals surface area contributed by atoms with Crippen LogP contribution in [0, 0.1) is 5.41 Å². The lowest BCUT2D eigenvalue weighted by atomic mass is 9.73. The second kappa shape index (κ2) is 4.65. The summed E-state index contributed by atoms with van der Waals surface area (Å²) in [6, 6.07) is 0. The first-order valence-electron chi connectivity index (χ1n) is 7.36. The number of piperidine rings is 1. The number of hydrogen-bond donors (Lipinski definition) is 1. The van der Waals surface area contributed by atoms with Crippen LogP contribution in [-0.2, 0) is 4.74 Å².